The molecule has 1 aromatic carbocycles. The van der Waals surface area contributed by atoms with E-state index < -0.39 is 5.91 Å². The average Bonchev–Trinajstić information content (AvgIpc) is 2.39. The molecule has 5 nitrogen and oxygen atoms in total. The molecule has 0 saturated carbocycles. The van der Waals surface area contributed by atoms with Gasteiger partial charge in [0.05, 0.1) is 13.2 Å². The molecule has 0 unspecified atom stereocenters. The Hall–Kier alpha value is -2.14. The molecule has 0 spiro atoms. The fourth-order valence-corrected chi connectivity index (χ4v) is 1.84. The predicted octanol–water partition coefficient (Wildman–Crippen LogP) is 1.34. The zero-order valence-electron chi connectivity index (χ0n) is 11.7. The van der Waals surface area contributed by atoms with Crippen LogP contribution in [0.3, 0.4) is 0 Å². The first-order valence-corrected chi connectivity index (χ1v) is 6.44. The molecule has 20 heavy (non-hydrogen) atoms. The predicted molar refractivity (Wildman–Crippen MR) is 77.1 cm³/mol. The summed E-state index contributed by atoms with van der Waals surface area (Å²) in [5.41, 5.74) is 6.61. The molecular formula is C15H20N2O3. The van der Waals surface area contributed by atoms with Crippen molar-refractivity contribution in [2.75, 3.05) is 19.7 Å². The second kappa shape index (κ2) is 8.12. The highest BCUT2D eigenvalue weighted by molar-refractivity contribution is 5.92. The number of rotatable bonds is 8. The van der Waals surface area contributed by atoms with Crippen molar-refractivity contribution in [2.45, 2.75) is 13.5 Å². The molecule has 0 aliphatic carbocycles. The fourth-order valence-electron chi connectivity index (χ4n) is 1.84. The zero-order valence-corrected chi connectivity index (χ0v) is 11.7. The summed E-state index contributed by atoms with van der Waals surface area (Å²) in [4.78, 5) is 24.5. The SMILES string of the molecule is C=CCN(CC(=O)OCC)Cc1cccc(C(N)=O)c1. The van der Waals surface area contributed by atoms with Crippen LogP contribution in [0.4, 0.5) is 0 Å². The molecule has 0 aliphatic rings. The highest BCUT2D eigenvalue weighted by atomic mass is 16.5. The van der Waals surface area contributed by atoms with Crippen LogP contribution < -0.4 is 5.73 Å². The fraction of sp³-hybridized carbons (Fsp3) is 0.333. The number of benzene rings is 1. The molecule has 1 amide bonds. The van der Waals surface area contributed by atoms with Gasteiger partial charge in [-0.15, -0.1) is 6.58 Å². The van der Waals surface area contributed by atoms with Crippen LogP contribution >= 0.6 is 0 Å². The van der Waals surface area contributed by atoms with Crippen LogP contribution in [-0.4, -0.2) is 36.5 Å². The summed E-state index contributed by atoms with van der Waals surface area (Å²) in [6.45, 7) is 7.06. The highest BCUT2D eigenvalue weighted by Crippen LogP contribution is 2.08. The van der Waals surface area contributed by atoms with E-state index in [-0.39, 0.29) is 12.5 Å². The smallest absolute Gasteiger partial charge is 0.320 e. The first-order valence-electron chi connectivity index (χ1n) is 6.44. The van der Waals surface area contributed by atoms with Crippen molar-refractivity contribution in [1.82, 2.24) is 4.90 Å². The maximum Gasteiger partial charge on any atom is 0.320 e. The number of primary amides is 1. The summed E-state index contributed by atoms with van der Waals surface area (Å²) in [6.07, 6.45) is 1.72. The van der Waals surface area contributed by atoms with Gasteiger partial charge in [0.1, 0.15) is 0 Å². The zero-order chi connectivity index (χ0) is 15.0. The number of nitrogens with zero attached hydrogens (tertiary/aromatic N) is 1. The van der Waals surface area contributed by atoms with E-state index in [9.17, 15) is 9.59 Å². The number of ether oxygens (including phenoxy) is 1. The molecule has 0 heterocycles. The number of esters is 1. The summed E-state index contributed by atoms with van der Waals surface area (Å²) in [5, 5.41) is 0. The van der Waals surface area contributed by atoms with Gasteiger partial charge in [0.2, 0.25) is 5.91 Å². The molecule has 0 radical (unpaired) electrons. The molecular weight excluding hydrogens is 256 g/mol. The lowest BCUT2D eigenvalue weighted by atomic mass is 10.1. The molecule has 108 valence electrons. The Balaban J connectivity index is 2.74. The lowest BCUT2D eigenvalue weighted by Gasteiger charge is -2.19. The van der Waals surface area contributed by atoms with Crippen LogP contribution in [0.15, 0.2) is 36.9 Å². The summed E-state index contributed by atoms with van der Waals surface area (Å²) in [7, 11) is 0. The maximum absolute atomic E-state index is 11.5. The third kappa shape index (κ3) is 5.24. The van der Waals surface area contributed by atoms with Crippen molar-refractivity contribution in [3.63, 3.8) is 0 Å². The van der Waals surface area contributed by atoms with Gasteiger partial charge in [-0.25, -0.2) is 0 Å². The van der Waals surface area contributed by atoms with Crippen LogP contribution in [0, 0.1) is 0 Å². The number of carbonyl (C=O) groups excluding carboxylic acids is 2. The molecule has 5 heteroatoms. The Kier molecular flexibility index (Phi) is 6.46. The van der Waals surface area contributed by atoms with Crippen molar-refractivity contribution in [3.05, 3.63) is 48.0 Å². The van der Waals surface area contributed by atoms with Crippen LogP contribution in [0.1, 0.15) is 22.8 Å². The topological polar surface area (TPSA) is 72.6 Å². The molecule has 1 aromatic rings. The van der Waals surface area contributed by atoms with Gasteiger partial charge in [-0.1, -0.05) is 18.2 Å². The largest absolute Gasteiger partial charge is 0.465 e. The van der Waals surface area contributed by atoms with E-state index in [1.165, 1.54) is 0 Å². The molecule has 2 N–H and O–H groups in total. The van der Waals surface area contributed by atoms with E-state index in [1.807, 2.05) is 11.0 Å². The van der Waals surface area contributed by atoms with Gasteiger partial charge < -0.3 is 10.5 Å². The van der Waals surface area contributed by atoms with E-state index in [0.29, 0.717) is 25.3 Å². The van der Waals surface area contributed by atoms with E-state index in [2.05, 4.69) is 6.58 Å². The Morgan fingerprint density at radius 1 is 1.45 bits per heavy atom. The van der Waals surface area contributed by atoms with Gasteiger partial charge in [0.15, 0.2) is 0 Å². The normalized spacial score (nSPS) is 10.3. The number of nitrogens with two attached hydrogens (primary N) is 1. The third-order valence-electron chi connectivity index (χ3n) is 2.66. The summed E-state index contributed by atoms with van der Waals surface area (Å²) in [6, 6.07) is 7.04. The highest BCUT2D eigenvalue weighted by Gasteiger charge is 2.11. The van der Waals surface area contributed by atoms with E-state index in [4.69, 9.17) is 10.5 Å². The molecule has 0 aliphatic heterocycles. The van der Waals surface area contributed by atoms with Crippen LogP contribution in [0.2, 0.25) is 0 Å². The van der Waals surface area contributed by atoms with Gasteiger partial charge in [-0.3, -0.25) is 14.5 Å². The van der Waals surface area contributed by atoms with Crippen molar-refractivity contribution >= 4 is 11.9 Å². The average molecular weight is 276 g/mol. The van der Waals surface area contributed by atoms with Crippen molar-refractivity contribution in [3.8, 4) is 0 Å². The minimum atomic E-state index is -0.465. The number of carbonyl (C=O) groups is 2. The lowest BCUT2D eigenvalue weighted by Crippen LogP contribution is -2.31. The van der Waals surface area contributed by atoms with Crippen LogP contribution in [0.25, 0.3) is 0 Å². The van der Waals surface area contributed by atoms with Gasteiger partial charge in [0, 0.05) is 18.7 Å². The van der Waals surface area contributed by atoms with Crippen molar-refractivity contribution in [2.24, 2.45) is 5.73 Å². The Labute approximate surface area is 119 Å². The van der Waals surface area contributed by atoms with Crippen molar-refractivity contribution in [1.29, 1.82) is 0 Å². The lowest BCUT2D eigenvalue weighted by molar-refractivity contribution is -0.144. The first kappa shape index (κ1) is 15.9. The van der Waals surface area contributed by atoms with Crippen molar-refractivity contribution < 1.29 is 14.3 Å². The quantitative estimate of drug-likeness (QED) is 0.574. The van der Waals surface area contributed by atoms with Gasteiger partial charge in [-0.05, 0) is 24.6 Å². The molecule has 0 bridgehead atoms. The minimum absolute atomic E-state index is 0.181. The Morgan fingerprint density at radius 2 is 2.20 bits per heavy atom. The van der Waals surface area contributed by atoms with Gasteiger partial charge in [-0.2, -0.15) is 0 Å². The maximum atomic E-state index is 11.5. The van der Waals surface area contributed by atoms with Crippen LogP contribution in [0.5, 0.6) is 0 Å². The molecule has 0 atom stereocenters. The monoisotopic (exact) mass is 276 g/mol. The molecule has 0 aromatic heterocycles. The summed E-state index contributed by atoms with van der Waals surface area (Å²) in [5.74, 6) is -0.743. The van der Waals surface area contributed by atoms with E-state index in [0.717, 1.165) is 5.56 Å². The number of amides is 1. The van der Waals surface area contributed by atoms with E-state index in [1.54, 1.807) is 31.2 Å². The van der Waals surface area contributed by atoms with Gasteiger partial charge >= 0.3 is 5.97 Å². The summed E-state index contributed by atoms with van der Waals surface area (Å²) >= 11 is 0. The Bertz CT molecular complexity index is 486. The minimum Gasteiger partial charge on any atom is -0.465 e. The standard InChI is InChI=1S/C15H20N2O3/c1-3-8-17(11-14(18)20-4-2)10-12-6-5-7-13(9-12)15(16)19/h3,5-7,9H,1,4,8,10-11H2,2H3,(H2,16,19). The second-order valence-corrected chi connectivity index (χ2v) is 4.33. The van der Waals surface area contributed by atoms with Crippen LogP contribution in [-0.2, 0) is 16.1 Å². The Morgan fingerprint density at radius 3 is 2.80 bits per heavy atom. The van der Waals surface area contributed by atoms with Gasteiger partial charge in [0.25, 0.3) is 0 Å². The second-order valence-electron chi connectivity index (χ2n) is 4.33. The third-order valence-corrected chi connectivity index (χ3v) is 2.66. The van der Waals surface area contributed by atoms with E-state index >= 15 is 0 Å². The first-order chi connectivity index (χ1) is 9.56. The molecule has 0 fully saturated rings. The number of hydrogen-bond donors (Lipinski definition) is 1. The molecule has 1 rings (SSSR count). The summed E-state index contributed by atoms with van der Waals surface area (Å²) < 4.78 is 4.93. The molecule has 0 saturated heterocycles. The number of hydrogen-bond acceptors (Lipinski definition) is 4.